The predicted octanol–water partition coefficient (Wildman–Crippen LogP) is 1.83. The first kappa shape index (κ1) is 10.9. The molecule has 1 aliphatic heterocycles. The molecule has 16 heavy (non-hydrogen) atoms. The molecule has 1 fully saturated rings. The topological polar surface area (TPSA) is 41.1 Å². The Morgan fingerprint density at radius 2 is 1.94 bits per heavy atom. The fraction of sp³-hybridized carbons (Fsp3) is 0.308. The van der Waals surface area contributed by atoms with Gasteiger partial charge in [-0.2, -0.15) is 0 Å². The van der Waals surface area contributed by atoms with Crippen molar-refractivity contribution < 1.29 is 4.79 Å². The fourth-order valence-electron chi connectivity index (χ4n) is 1.68. The van der Waals surface area contributed by atoms with Gasteiger partial charge in [-0.15, -0.1) is 0 Å². The average molecular weight is 216 g/mol. The van der Waals surface area contributed by atoms with Gasteiger partial charge < -0.3 is 0 Å². The van der Waals surface area contributed by atoms with Crippen LogP contribution in [0.25, 0.3) is 6.08 Å². The van der Waals surface area contributed by atoms with Crippen molar-refractivity contribution in [3.63, 3.8) is 0 Å². The van der Waals surface area contributed by atoms with Crippen LogP contribution in [0.3, 0.4) is 0 Å². The molecule has 1 aliphatic rings. The molecular weight excluding hydrogens is 200 g/mol. The van der Waals surface area contributed by atoms with Crippen LogP contribution in [0.15, 0.2) is 29.8 Å². The number of hydrogen-bond donors (Lipinski definition) is 2. The SMILES string of the molecule is CC(C)c1ccc(/C=C2\CNNC2=O)cc1. The lowest BCUT2D eigenvalue weighted by atomic mass is 10.0. The highest BCUT2D eigenvalue weighted by Crippen LogP contribution is 2.16. The molecule has 1 saturated heterocycles. The van der Waals surface area contributed by atoms with Crippen LogP contribution in [0.4, 0.5) is 0 Å². The molecule has 0 aliphatic carbocycles. The Bertz CT molecular complexity index is 418. The van der Waals surface area contributed by atoms with E-state index in [1.165, 1.54) is 5.56 Å². The minimum atomic E-state index is -0.0343. The van der Waals surface area contributed by atoms with Crippen LogP contribution >= 0.6 is 0 Å². The lowest BCUT2D eigenvalue weighted by Crippen LogP contribution is -2.25. The third-order valence-corrected chi connectivity index (χ3v) is 2.72. The third-order valence-electron chi connectivity index (χ3n) is 2.72. The molecular formula is C13H16N2O. The zero-order valence-corrected chi connectivity index (χ0v) is 9.58. The predicted molar refractivity (Wildman–Crippen MR) is 64.7 cm³/mol. The smallest absolute Gasteiger partial charge is 0.262 e. The zero-order valence-electron chi connectivity index (χ0n) is 9.58. The lowest BCUT2D eigenvalue weighted by Gasteiger charge is -2.04. The first-order valence-corrected chi connectivity index (χ1v) is 5.50. The van der Waals surface area contributed by atoms with Crippen molar-refractivity contribution in [3.8, 4) is 0 Å². The van der Waals surface area contributed by atoms with E-state index in [2.05, 4.69) is 36.8 Å². The van der Waals surface area contributed by atoms with Crippen LogP contribution in [0.1, 0.15) is 30.9 Å². The zero-order chi connectivity index (χ0) is 11.5. The Kier molecular flexibility index (Phi) is 3.06. The van der Waals surface area contributed by atoms with Crippen LogP contribution in [-0.4, -0.2) is 12.5 Å². The molecule has 2 rings (SSSR count). The maximum Gasteiger partial charge on any atom is 0.262 e. The van der Waals surface area contributed by atoms with E-state index in [-0.39, 0.29) is 5.91 Å². The first-order valence-electron chi connectivity index (χ1n) is 5.50. The van der Waals surface area contributed by atoms with Crippen molar-refractivity contribution in [1.82, 2.24) is 10.9 Å². The Hall–Kier alpha value is -1.61. The summed E-state index contributed by atoms with van der Waals surface area (Å²) in [6.45, 7) is 4.92. The molecule has 0 unspecified atom stereocenters. The van der Waals surface area contributed by atoms with Crippen molar-refractivity contribution in [2.24, 2.45) is 0 Å². The summed E-state index contributed by atoms with van der Waals surface area (Å²) in [4.78, 5) is 11.3. The van der Waals surface area contributed by atoms with Crippen LogP contribution in [0.2, 0.25) is 0 Å². The first-order chi connectivity index (χ1) is 7.66. The van der Waals surface area contributed by atoms with E-state index in [9.17, 15) is 4.79 Å². The van der Waals surface area contributed by atoms with Gasteiger partial charge in [-0.05, 0) is 23.1 Å². The highest BCUT2D eigenvalue weighted by molar-refractivity contribution is 5.99. The number of amides is 1. The van der Waals surface area contributed by atoms with Gasteiger partial charge in [0.2, 0.25) is 0 Å². The number of carbonyl (C=O) groups excluding carboxylic acids is 1. The van der Waals surface area contributed by atoms with Gasteiger partial charge in [0.15, 0.2) is 0 Å². The maximum absolute atomic E-state index is 11.3. The van der Waals surface area contributed by atoms with Gasteiger partial charge in [-0.3, -0.25) is 10.2 Å². The van der Waals surface area contributed by atoms with Crippen molar-refractivity contribution >= 4 is 12.0 Å². The van der Waals surface area contributed by atoms with E-state index in [1.807, 2.05) is 18.2 Å². The molecule has 1 aromatic carbocycles. The van der Waals surface area contributed by atoms with Gasteiger partial charge in [0.25, 0.3) is 5.91 Å². The van der Waals surface area contributed by atoms with Crippen LogP contribution in [0.5, 0.6) is 0 Å². The van der Waals surface area contributed by atoms with Crippen LogP contribution in [-0.2, 0) is 4.79 Å². The largest absolute Gasteiger partial charge is 0.287 e. The minimum absolute atomic E-state index is 0.0343. The molecule has 0 bridgehead atoms. The second-order valence-electron chi connectivity index (χ2n) is 4.30. The average Bonchev–Trinajstić information content (AvgIpc) is 2.65. The Balaban J connectivity index is 2.19. The quantitative estimate of drug-likeness (QED) is 0.740. The third kappa shape index (κ3) is 2.31. The number of carbonyl (C=O) groups is 1. The fourth-order valence-corrected chi connectivity index (χ4v) is 1.68. The molecule has 84 valence electrons. The summed E-state index contributed by atoms with van der Waals surface area (Å²) in [6, 6.07) is 8.32. The van der Waals surface area contributed by atoms with Gasteiger partial charge >= 0.3 is 0 Å². The molecule has 1 amide bonds. The molecule has 1 aromatic rings. The summed E-state index contributed by atoms with van der Waals surface area (Å²) >= 11 is 0. The number of hydrazine groups is 1. The highest BCUT2D eigenvalue weighted by atomic mass is 16.2. The number of rotatable bonds is 2. The van der Waals surface area contributed by atoms with E-state index in [0.717, 1.165) is 11.1 Å². The van der Waals surface area contributed by atoms with Gasteiger partial charge in [0, 0.05) is 12.1 Å². The van der Waals surface area contributed by atoms with Gasteiger partial charge in [0.05, 0.1) is 0 Å². The lowest BCUT2D eigenvalue weighted by molar-refractivity contribution is -0.116. The second kappa shape index (κ2) is 4.49. The molecule has 0 radical (unpaired) electrons. The van der Waals surface area contributed by atoms with Crippen LogP contribution < -0.4 is 10.9 Å². The molecule has 0 atom stereocenters. The molecule has 0 aromatic heterocycles. The Labute approximate surface area is 95.5 Å². The summed E-state index contributed by atoms with van der Waals surface area (Å²) in [7, 11) is 0. The monoisotopic (exact) mass is 216 g/mol. The molecule has 0 spiro atoms. The normalized spacial score (nSPS) is 18.2. The van der Waals surface area contributed by atoms with E-state index in [4.69, 9.17) is 0 Å². The number of hydrogen-bond acceptors (Lipinski definition) is 2. The van der Waals surface area contributed by atoms with E-state index in [0.29, 0.717) is 12.5 Å². The summed E-state index contributed by atoms with van der Waals surface area (Å²) < 4.78 is 0. The van der Waals surface area contributed by atoms with E-state index >= 15 is 0 Å². The number of nitrogens with one attached hydrogen (secondary N) is 2. The standard InChI is InChI=1S/C13H16N2O/c1-9(2)11-5-3-10(4-6-11)7-12-8-14-15-13(12)16/h3-7,9,14H,8H2,1-2H3,(H,15,16)/b12-7+. The highest BCUT2D eigenvalue weighted by Gasteiger charge is 2.14. The van der Waals surface area contributed by atoms with Crippen molar-refractivity contribution in [3.05, 3.63) is 41.0 Å². The molecule has 2 N–H and O–H groups in total. The summed E-state index contributed by atoms with van der Waals surface area (Å²) in [5.74, 6) is 0.506. The van der Waals surface area contributed by atoms with Gasteiger partial charge in [-0.1, -0.05) is 38.1 Å². The van der Waals surface area contributed by atoms with E-state index in [1.54, 1.807) is 0 Å². The van der Waals surface area contributed by atoms with Crippen molar-refractivity contribution in [2.75, 3.05) is 6.54 Å². The maximum atomic E-state index is 11.3. The van der Waals surface area contributed by atoms with Gasteiger partial charge in [0.1, 0.15) is 0 Å². The molecule has 3 heteroatoms. The Morgan fingerprint density at radius 3 is 2.44 bits per heavy atom. The molecule has 3 nitrogen and oxygen atoms in total. The Morgan fingerprint density at radius 1 is 1.25 bits per heavy atom. The van der Waals surface area contributed by atoms with Gasteiger partial charge in [-0.25, -0.2) is 5.43 Å². The van der Waals surface area contributed by atoms with Crippen molar-refractivity contribution in [1.29, 1.82) is 0 Å². The van der Waals surface area contributed by atoms with Crippen LogP contribution in [0, 0.1) is 0 Å². The summed E-state index contributed by atoms with van der Waals surface area (Å²) in [5.41, 5.74) is 8.53. The van der Waals surface area contributed by atoms with E-state index < -0.39 is 0 Å². The molecule has 0 saturated carbocycles. The van der Waals surface area contributed by atoms with Crippen molar-refractivity contribution in [2.45, 2.75) is 19.8 Å². The minimum Gasteiger partial charge on any atom is -0.287 e. The number of benzene rings is 1. The molecule has 1 heterocycles. The summed E-state index contributed by atoms with van der Waals surface area (Å²) in [5, 5.41) is 0. The summed E-state index contributed by atoms with van der Waals surface area (Å²) in [6.07, 6.45) is 1.92. The second-order valence-corrected chi connectivity index (χ2v) is 4.30.